The van der Waals surface area contributed by atoms with Crippen LogP contribution in [-0.2, 0) is 22.4 Å². The number of methoxy groups -OCH3 is 2. The second-order valence-corrected chi connectivity index (χ2v) is 7.72. The Morgan fingerprint density at radius 2 is 1.79 bits per heavy atom. The van der Waals surface area contributed by atoms with E-state index in [1.54, 1.807) is 31.0 Å². The summed E-state index contributed by atoms with van der Waals surface area (Å²) in [6.45, 7) is 4.33. The van der Waals surface area contributed by atoms with Crippen LogP contribution in [0.5, 0.6) is 11.6 Å². The molecule has 0 saturated heterocycles. The van der Waals surface area contributed by atoms with Crippen LogP contribution < -0.4 is 4.74 Å². The molecule has 33 heavy (non-hydrogen) atoms. The van der Waals surface area contributed by atoms with Crippen molar-refractivity contribution in [3.05, 3.63) is 71.7 Å². The van der Waals surface area contributed by atoms with Crippen LogP contribution in [-0.4, -0.2) is 66.4 Å². The average Bonchev–Trinajstić information content (AvgIpc) is 3.16. The SMILES string of the molecule is CCc1nn(-c2ccccc2)c(Oc2ccc(F)cc2)c1CN(CCOC)C[C@H](O)COC. The molecule has 178 valence electrons. The summed E-state index contributed by atoms with van der Waals surface area (Å²) >= 11 is 0. The fourth-order valence-corrected chi connectivity index (χ4v) is 3.61. The lowest BCUT2D eigenvalue weighted by atomic mass is 10.1. The van der Waals surface area contributed by atoms with Crippen molar-refractivity contribution in [1.82, 2.24) is 14.7 Å². The third-order valence-corrected chi connectivity index (χ3v) is 5.20. The maximum Gasteiger partial charge on any atom is 0.227 e. The van der Waals surface area contributed by atoms with Crippen molar-refractivity contribution in [3.63, 3.8) is 0 Å². The fourth-order valence-electron chi connectivity index (χ4n) is 3.61. The first-order valence-corrected chi connectivity index (χ1v) is 11.0. The third kappa shape index (κ3) is 6.85. The van der Waals surface area contributed by atoms with Crippen molar-refractivity contribution in [2.24, 2.45) is 0 Å². The van der Waals surface area contributed by atoms with Gasteiger partial charge in [0, 0.05) is 33.9 Å². The number of ether oxygens (including phenoxy) is 3. The Balaban J connectivity index is 2.01. The Kier molecular flexibility index (Phi) is 9.38. The first-order chi connectivity index (χ1) is 16.0. The molecule has 7 nitrogen and oxygen atoms in total. The molecule has 0 amide bonds. The second kappa shape index (κ2) is 12.5. The summed E-state index contributed by atoms with van der Waals surface area (Å²) in [7, 11) is 3.22. The normalized spacial score (nSPS) is 12.3. The predicted octanol–water partition coefficient (Wildman–Crippen LogP) is 3.82. The van der Waals surface area contributed by atoms with E-state index >= 15 is 0 Å². The molecule has 0 bridgehead atoms. The summed E-state index contributed by atoms with van der Waals surface area (Å²) in [5.41, 5.74) is 2.66. The summed E-state index contributed by atoms with van der Waals surface area (Å²) in [5.74, 6) is 0.750. The van der Waals surface area contributed by atoms with Gasteiger partial charge in [0.05, 0.1) is 36.3 Å². The van der Waals surface area contributed by atoms with Crippen LogP contribution >= 0.6 is 0 Å². The summed E-state index contributed by atoms with van der Waals surface area (Å²) in [6.07, 6.45) is 0.0656. The molecule has 2 aromatic carbocycles. The number of aliphatic hydroxyl groups excluding tert-OH is 1. The molecule has 1 atom stereocenters. The monoisotopic (exact) mass is 457 g/mol. The Morgan fingerprint density at radius 1 is 1.06 bits per heavy atom. The van der Waals surface area contributed by atoms with Gasteiger partial charge in [-0.1, -0.05) is 25.1 Å². The van der Waals surface area contributed by atoms with E-state index in [4.69, 9.17) is 19.3 Å². The molecule has 0 aliphatic carbocycles. The van der Waals surface area contributed by atoms with Gasteiger partial charge in [-0.25, -0.2) is 9.07 Å². The minimum Gasteiger partial charge on any atom is -0.439 e. The standard InChI is InChI=1S/C25H32FN3O4/c1-4-24-23(17-28(14-15-31-2)16-21(30)18-32-3)25(33-22-12-10-19(26)11-13-22)29(27-24)20-8-6-5-7-9-20/h5-13,21,30H,4,14-18H2,1-3H3/t21-/m0/s1. The predicted molar refractivity (Wildman–Crippen MR) is 124 cm³/mol. The van der Waals surface area contributed by atoms with Crippen molar-refractivity contribution in [3.8, 4) is 17.3 Å². The number of aromatic nitrogens is 2. The number of halogens is 1. The number of hydrogen-bond acceptors (Lipinski definition) is 6. The number of aryl methyl sites for hydroxylation is 1. The number of benzene rings is 2. The largest absolute Gasteiger partial charge is 0.439 e. The van der Waals surface area contributed by atoms with E-state index in [1.807, 2.05) is 37.3 Å². The minimum absolute atomic E-state index is 0.242. The Hall–Kier alpha value is -2.78. The third-order valence-electron chi connectivity index (χ3n) is 5.20. The zero-order chi connectivity index (χ0) is 23.6. The molecule has 3 aromatic rings. The molecule has 0 aliphatic rings. The lowest BCUT2D eigenvalue weighted by molar-refractivity contribution is 0.0291. The number of hydrogen-bond donors (Lipinski definition) is 1. The van der Waals surface area contributed by atoms with E-state index in [2.05, 4.69) is 4.90 Å². The highest BCUT2D eigenvalue weighted by molar-refractivity contribution is 5.43. The van der Waals surface area contributed by atoms with Crippen molar-refractivity contribution >= 4 is 0 Å². The quantitative estimate of drug-likeness (QED) is 0.421. The van der Waals surface area contributed by atoms with Gasteiger partial charge in [-0.2, -0.15) is 5.10 Å². The summed E-state index contributed by atoms with van der Waals surface area (Å²) in [6, 6.07) is 15.7. The van der Waals surface area contributed by atoms with Crippen LogP contribution in [0.2, 0.25) is 0 Å². The van der Waals surface area contributed by atoms with Gasteiger partial charge < -0.3 is 19.3 Å². The van der Waals surface area contributed by atoms with Gasteiger partial charge in [-0.15, -0.1) is 0 Å². The molecular weight excluding hydrogens is 425 g/mol. The summed E-state index contributed by atoms with van der Waals surface area (Å²) < 4.78 is 31.9. The highest BCUT2D eigenvalue weighted by atomic mass is 19.1. The smallest absolute Gasteiger partial charge is 0.227 e. The molecule has 0 aliphatic heterocycles. The zero-order valence-electron chi connectivity index (χ0n) is 19.4. The number of aliphatic hydroxyl groups is 1. The van der Waals surface area contributed by atoms with E-state index in [9.17, 15) is 9.50 Å². The van der Waals surface area contributed by atoms with Crippen LogP contribution in [0.3, 0.4) is 0 Å². The van der Waals surface area contributed by atoms with E-state index in [-0.39, 0.29) is 12.4 Å². The Morgan fingerprint density at radius 3 is 2.42 bits per heavy atom. The van der Waals surface area contributed by atoms with Crippen molar-refractivity contribution in [2.75, 3.05) is 40.5 Å². The topological polar surface area (TPSA) is 69.0 Å². The molecule has 0 spiro atoms. The minimum atomic E-state index is -0.637. The summed E-state index contributed by atoms with van der Waals surface area (Å²) in [5, 5.41) is 15.2. The van der Waals surface area contributed by atoms with Gasteiger partial charge in [0.25, 0.3) is 0 Å². The first-order valence-electron chi connectivity index (χ1n) is 11.0. The van der Waals surface area contributed by atoms with E-state index in [1.165, 1.54) is 12.1 Å². The van der Waals surface area contributed by atoms with Gasteiger partial charge >= 0.3 is 0 Å². The zero-order valence-corrected chi connectivity index (χ0v) is 19.4. The first kappa shape index (κ1) is 24.9. The molecule has 1 N–H and O–H groups in total. The van der Waals surface area contributed by atoms with Crippen molar-refractivity contribution < 1.29 is 23.7 Å². The van der Waals surface area contributed by atoms with Crippen LogP contribution in [0.15, 0.2) is 54.6 Å². The summed E-state index contributed by atoms with van der Waals surface area (Å²) in [4.78, 5) is 2.09. The molecule has 1 heterocycles. The second-order valence-electron chi connectivity index (χ2n) is 7.72. The van der Waals surface area contributed by atoms with Gasteiger partial charge in [0.2, 0.25) is 5.88 Å². The number of rotatable bonds is 13. The average molecular weight is 458 g/mol. The van der Waals surface area contributed by atoms with E-state index in [0.717, 1.165) is 16.9 Å². The molecule has 0 radical (unpaired) electrons. The highest BCUT2D eigenvalue weighted by Crippen LogP contribution is 2.32. The van der Waals surface area contributed by atoms with Crippen LogP contribution in [0, 0.1) is 5.82 Å². The molecule has 0 saturated carbocycles. The Labute approximate surface area is 194 Å². The van der Waals surface area contributed by atoms with Crippen molar-refractivity contribution in [1.29, 1.82) is 0 Å². The number of nitrogens with zero attached hydrogens (tertiary/aromatic N) is 3. The number of para-hydroxylation sites is 1. The van der Waals surface area contributed by atoms with Gasteiger partial charge in [-0.05, 0) is 42.8 Å². The highest BCUT2D eigenvalue weighted by Gasteiger charge is 2.23. The van der Waals surface area contributed by atoms with E-state index < -0.39 is 6.10 Å². The maximum atomic E-state index is 13.5. The molecule has 1 aromatic heterocycles. The molecular formula is C25H32FN3O4. The van der Waals surface area contributed by atoms with E-state index in [0.29, 0.717) is 44.3 Å². The van der Waals surface area contributed by atoms with Gasteiger partial charge in [0.15, 0.2) is 0 Å². The molecule has 0 unspecified atom stereocenters. The van der Waals surface area contributed by atoms with Crippen LogP contribution in [0.4, 0.5) is 4.39 Å². The molecule has 8 heteroatoms. The molecule has 0 fully saturated rings. The van der Waals surface area contributed by atoms with Gasteiger partial charge in [-0.3, -0.25) is 4.90 Å². The molecule has 3 rings (SSSR count). The van der Waals surface area contributed by atoms with Crippen LogP contribution in [0.25, 0.3) is 5.69 Å². The fraction of sp³-hybridized carbons (Fsp3) is 0.400. The Bertz CT molecular complexity index is 979. The van der Waals surface area contributed by atoms with Crippen molar-refractivity contribution in [2.45, 2.75) is 26.0 Å². The van der Waals surface area contributed by atoms with Crippen LogP contribution in [0.1, 0.15) is 18.2 Å². The van der Waals surface area contributed by atoms with Gasteiger partial charge in [0.1, 0.15) is 11.6 Å². The maximum absolute atomic E-state index is 13.5. The lowest BCUT2D eigenvalue weighted by Gasteiger charge is -2.25. The lowest BCUT2D eigenvalue weighted by Crippen LogP contribution is -2.36.